The van der Waals surface area contributed by atoms with Gasteiger partial charge in [-0.25, -0.2) is 4.79 Å². The van der Waals surface area contributed by atoms with E-state index < -0.39 is 0 Å². The van der Waals surface area contributed by atoms with Crippen molar-refractivity contribution >= 4 is 22.6 Å². The molecule has 0 bridgehead atoms. The summed E-state index contributed by atoms with van der Waals surface area (Å²) in [5.74, 6) is 0.386. The van der Waals surface area contributed by atoms with Crippen molar-refractivity contribution in [3.05, 3.63) is 75.1 Å². The number of anilines is 1. The van der Waals surface area contributed by atoms with Gasteiger partial charge in [0, 0.05) is 17.8 Å². The van der Waals surface area contributed by atoms with Gasteiger partial charge in [0.15, 0.2) is 0 Å². The average molecular weight is 406 g/mol. The van der Waals surface area contributed by atoms with Gasteiger partial charge in [-0.15, -0.1) is 0 Å². The number of aromatic amines is 1. The molecule has 30 heavy (non-hydrogen) atoms. The maximum atomic E-state index is 13.0. The van der Waals surface area contributed by atoms with Crippen LogP contribution in [-0.4, -0.2) is 22.5 Å². The molecule has 1 aromatic heterocycles. The number of rotatable bonds is 6. The van der Waals surface area contributed by atoms with Crippen LogP contribution < -0.4 is 10.9 Å². The summed E-state index contributed by atoms with van der Waals surface area (Å²) in [5, 5.41) is 3.98. The van der Waals surface area contributed by atoms with Crippen LogP contribution in [0.15, 0.2) is 47.3 Å². The number of aryl methyl sites for hydroxylation is 2. The zero-order valence-corrected chi connectivity index (χ0v) is 18.5. The van der Waals surface area contributed by atoms with Gasteiger partial charge in [0.2, 0.25) is 0 Å². The first kappa shape index (κ1) is 21.6. The minimum atomic E-state index is -0.197. The molecule has 0 saturated heterocycles. The van der Waals surface area contributed by atoms with Gasteiger partial charge in [-0.05, 0) is 67.0 Å². The maximum Gasteiger partial charge on any atom is 0.322 e. The second-order valence-corrected chi connectivity index (χ2v) is 8.30. The minimum absolute atomic E-state index is 0.148. The Hall–Kier alpha value is -3.08. The molecule has 1 heterocycles. The Morgan fingerprint density at radius 2 is 1.90 bits per heavy atom. The van der Waals surface area contributed by atoms with Crippen molar-refractivity contribution in [2.75, 3.05) is 11.9 Å². The number of carbonyl (C=O) groups is 1. The molecule has 0 aliphatic heterocycles. The second kappa shape index (κ2) is 9.16. The number of H-pyrrole nitrogens is 1. The lowest BCUT2D eigenvalue weighted by Gasteiger charge is -2.23. The van der Waals surface area contributed by atoms with E-state index in [4.69, 9.17) is 0 Å². The Morgan fingerprint density at radius 1 is 1.13 bits per heavy atom. The molecule has 0 aliphatic rings. The van der Waals surface area contributed by atoms with Crippen LogP contribution in [0.4, 0.5) is 10.5 Å². The number of aromatic nitrogens is 1. The summed E-state index contributed by atoms with van der Waals surface area (Å²) >= 11 is 0. The highest BCUT2D eigenvalue weighted by Gasteiger charge is 2.16. The highest BCUT2D eigenvalue weighted by Crippen LogP contribution is 2.20. The Kier molecular flexibility index (Phi) is 6.60. The number of carbonyl (C=O) groups excluding carboxylic acids is 1. The largest absolute Gasteiger partial charge is 0.322 e. The van der Waals surface area contributed by atoms with Gasteiger partial charge >= 0.3 is 6.03 Å². The smallest absolute Gasteiger partial charge is 0.321 e. The van der Waals surface area contributed by atoms with Crippen LogP contribution in [0.1, 0.15) is 55.4 Å². The fraction of sp³-hybridized carbons (Fsp3) is 0.360. The third-order valence-corrected chi connectivity index (χ3v) is 5.32. The number of urea groups is 1. The molecule has 0 saturated carbocycles. The molecule has 0 radical (unpaired) electrons. The van der Waals surface area contributed by atoms with Crippen molar-refractivity contribution in [1.29, 1.82) is 0 Å². The molecule has 158 valence electrons. The number of amides is 2. The maximum absolute atomic E-state index is 13.0. The highest BCUT2D eigenvalue weighted by molar-refractivity contribution is 5.89. The number of pyridine rings is 1. The van der Waals surface area contributed by atoms with Crippen molar-refractivity contribution in [2.24, 2.45) is 0 Å². The molecular weight excluding hydrogens is 374 g/mol. The lowest BCUT2D eigenvalue weighted by Crippen LogP contribution is -2.36. The normalized spacial score (nSPS) is 11.1. The molecule has 0 fully saturated rings. The molecule has 3 rings (SSSR count). The van der Waals surface area contributed by atoms with Crippen molar-refractivity contribution in [1.82, 2.24) is 9.88 Å². The number of nitrogens with zero attached hydrogens (tertiary/aromatic N) is 1. The summed E-state index contributed by atoms with van der Waals surface area (Å²) in [4.78, 5) is 30.4. The Balaban J connectivity index is 1.86. The van der Waals surface area contributed by atoms with E-state index in [9.17, 15) is 9.59 Å². The molecule has 0 spiro atoms. The minimum Gasteiger partial charge on any atom is -0.321 e. The molecule has 0 unspecified atom stereocenters. The fourth-order valence-corrected chi connectivity index (χ4v) is 3.76. The Labute approximate surface area is 178 Å². The molecular formula is C25H31N3O2. The number of hydrogen-bond acceptors (Lipinski definition) is 2. The topological polar surface area (TPSA) is 65.2 Å². The first-order valence-corrected chi connectivity index (χ1v) is 10.6. The van der Waals surface area contributed by atoms with Crippen molar-refractivity contribution in [3.8, 4) is 0 Å². The van der Waals surface area contributed by atoms with E-state index in [1.807, 2.05) is 45.0 Å². The van der Waals surface area contributed by atoms with Crippen LogP contribution >= 0.6 is 0 Å². The van der Waals surface area contributed by atoms with Crippen LogP contribution in [0.3, 0.4) is 0 Å². The number of fused-ring (bicyclic) bond motifs is 1. The SMILES string of the molecule is CCCN(Cc1cc2cc(C)cc(C)c2[nH]c1=O)C(=O)Nc1cccc(C(C)C)c1. The highest BCUT2D eigenvalue weighted by atomic mass is 16.2. The van der Waals surface area contributed by atoms with E-state index in [0.29, 0.717) is 18.0 Å². The predicted octanol–water partition coefficient (Wildman–Crippen LogP) is 5.71. The van der Waals surface area contributed by atoms with E-state index in [2.05, 4.69) is 42.3 Å². The lowest BCUT2D eigenvalue weighted by molar-refractivity contribution is 0.209. The molecule has 0 aliphatic carbocycles. The molecule has 2 amide bonds. The van der Waals surface area contributed by atoms with Gasteiger partial charge in [0.05, 0.1) is 12.1 Å². The molecule has 5 nitrogen and oxygen atoms in total. The quantitative estimate of drug-likeness (QED) is 0.551. The number of hydrogen-bond donors (Lipinski definition) is 2. The van der Waals surface area contributed by atoms with Gasteiger partial charge in [-0.2, -0.15) is 0 Å². The molecule has 2 N–H and O–H groups in total. The number of nitrogens with one attached hydrogen (secondary N) is 2. The average Bonchev–Trinajstić information content (AvgIpc) is 2.69. The monoisotopic (exact) mass is 405 g/mol. The summed E-state index contributed by atoms with van der Waals surface area (Å²) in [6, 6.07) is 13.7. The van der Waals surface area contributed by atoms with Crippen molar-refractivity contribution in [2.45, 2.75) is 53.5 Å². The zero-order chi connectivity index (χ0) is 21.8. The summed E-state index contributed by atoms with van der Waals surface area (Å²) in [6.45, 7) is 11.1. The Bertz CT molecular complexity index is 1120. The van der Waals surface area contributed by atoms with Crippen LogP contribution in [-0.2, 0) is 6.54 Å². The Morgan fingerprint density at radius 3 is 2.60 bits per heavy atom. The van der Waals surface area contributed by atoms with E-state index in [1.54, 1.807) is 4.90 Å². The van der Waals surface area contributed by atoms with Crippen molar-refractivity contribution < 1.29 is 4.79 Å². The summed E-state index contributed by atoms with van der Waals surface area (Å²) in [7, 11) is 0. The van der Waals surface area contributed by atoms with E-state index in [0.717, 1.165) is 34.1 Å². The lowest BCUT2D eigenvalue weighted by atomic mass is 10.0. The first-order valence-electron chi connectivity index (χ1n) is 10.6. The van der Waals surface area contributed by atoms with Gasteiger partial charge < -0.3 is 15.2 Å². The molecule has 3 aromatic rings. The fourth-order valence-electron chi connectivity index (χ4n) is 3.76. The van der Waals surface area contributed by atoms with Crippen LogP contribution in [0.5, 0.6) is 0 Å². The van der Waals surface area contributed by atoms with E-state index in [1.165, 1.54) is 5.56 Å². The van der Waals surface area contributed by atoms with Crippen LogP contribution in [0.2, 0.25) is 0 Å². The van der Waals surface area contributed by atoms with Crippen LogP contribution in [0, 0.1) is 13.8 Å². The van der Waals surface area contributed by atoms with Gasteiger partial charge in [0.25, 0.3) is 5.56 Å². The third-order valence-electron chi connectivity index (χ3n) is 5.32. The van der Waals surface area contributed by atoms with Gasteiger partial charge in [-0.1, -0.05) is 44.5 Å². The molecule has 0 atom stereocenters. The molecule has 2 aromatic carbocycles. The standard InChI is InChI=1S/C25H31N3O2/c1-6-10-28(25(30)26-22-9-7-8-19(14-22)16(2)3)15-21-13-20-12-17(4)11-18(5)23(20)27-24(21)29/h7-9,11-14,16H,6,10,15H2,1-5H3,(H,26,30)(H,27,29). The van der Waals surface area contributed by atoms with E-state index in [-0.39, 0.29) is 18.1 Å². The summed E-state index contributed by atoms with van der Waals surface area (Å²) in [6.07, 6.45) is 0.809. The van der Waals surface area contributed by atoms with Gasteiger partial charge in [0.1, 0.15) is 0 Å². The van der Waals surface area contributed by atoms with Crippen LogP contribution in [0.25, 0.3) is 10.9 Å². The van der Waals surface area contributed by atoms with E-state index >= 15 is 0 Å². The summed E-state index contributed by atoms with van der Waals surface area (Å²) in [5.41, 5.74) is 5.43. The van der Waals surface area contributed by atoms with Gasteiger partial charge in [-0.3, -0.25) is 4.79 Å². The number of benzene rings is 2. The second-order valence-electron chi connectivity index (χ2n) is 8.30. The first-order chi connectivity index (χ1) is 14.3. The summed E-state index contributed by atoms with van der Waals surface area (Å²) < 4.78 is 0. The molecule has 5 heteroatoms. The predicted molar refractivity (Wildman–Crippen MR) is 124 cm³/mol. The zero-order valence-electron chi connectivity index (χ0n) is 18.5. The van der Waals surface area contributed by atoms with Crippen molar-refractivity contribution in [3.63, 3.8) is 0 Å². The third kappa shape index (κ3) is 4.90.